The van der Waals surface area contributed by atoms with E-state index < -0.39 is 12.2 Å². The Morgan fingerprint density at radius 2 is 2.03 bits per heavy atom. The first-order valence-electron chi connectivity index (χ1n) is 11.3. The van der Waals surface area contributed by atoms with Crippen LogP contribution >= 0.6 is 15.9 Å². The van der Waals surface area contributed by atoms with Crippen LogP contribution in [0.15, 0.2) is 41.0 Å². The van der Waals surface area contributed by atoms with E-state index in [9.17, 15) is 18.8 Å². The molecule has 1 saturated heterocycles. The molecular formula is C25H29BrFN5O3. The summed E-state index contributed by atoms with van der Waals surface area (Å²) in [4.78, 5) is 41.0. The van der Waals surface area contributed by atoms with Crippen LogP contribution < -0.4 is 5.32 Å². The van der Waals surface area contributed by atoms with Crippen LogP contribution in [-0.2, 0) is 16.1 Å². The molecule has 8 nitrogen and oxygen atoms in total. The van der Waals surface area contributed by atoms with E-state index in [2.05, 4.69) is 45.2 Å². The van der Waals surface area contributed by atoms with Gasteiger partial charge in [0.25, 0.3) is 0 Å². The van der Waals surface area contributed by atoms with E-state index >= 15 is 0 Å². The van der Waals surface area contributed by atoms with Crippen molar-refractivity contribution in [2.45, 2.75) is 51.9 Å². The van der Waals surface area contributed by atoms with Gasteiger partial charge in [0.15, 0.2) is 5.78 Å². The topological polar surface area (TPSA) is 97.2 Å². The van der Waals surface area contributed by atoms with Crippen LogP contribution in [0.25, 0.3) is 10.9 Å². The first-order valence-corrected chi connectivity index (χ1v) is 12.1. The number of pyridine rings is 1. The number of likely N-dealkylation sites (tertiary alicyclic amines) is 1. The quantitative estimate of drug-likeness (QED) is 0.280. The maximum atomic E-state index is 13.6. The van der Waals surface area contributed by atoms with Gasteiger partial charge in [0.1, 0.15) is 35.1 Å². The van der Waals surface area contributed by atoms with Crippen molar-refractivity contribution in [3.63, 3.8) is 0 Å². The molecule has 1 amide bonds. The number of Topliss-reactive ketones (excluding diaryl/α,β-unsaturated/α-hetero) is 1. The minimum atomic E-state index is -1.19. The van der Waals surface area contributed by atoms with Gasteiger partial charge < -0.3 is 15.0 Å². The molecule has 3 heterocycles. The van der Waals surface area contributed by atoms with Crippen molar-refractivity contribution in [3.05, 3.63) is 52.3 Å². The minimum Gasteiger partial charge on any atom is -0.373 e. The van der Waals surface area contributed by atoms with Crippen molar-refractivity contribution in [1.82, 2.24) is 19.7 Å². The summed E-state index contributed by atoms with van der Waals surface area (Å²) in [5, 5.41) is 7.92. The van der Waals surface area contributed by atoms with Gasteiger partial charge in [0.05, 0.1) is 18.1 Å². The summed E-state index contributed by atoms with van der Waals surface area (Å²) in [5.74, 6) is 0.597. The summed E-state index contributed by atoms with van der Waals surface area (Å²) < 4.78 is 15.9. The predicted molar refractivity (Wildman–Crippen MR) is 136 cm³/mol. The lowest BCUT2D eigenvalue weighted by Gasteiger charge is -2.20. The van der Waals surface area contributed by atoms with Gasteiger partial charge >= 0.3 is 0 Å². The smallest absolute Gasteiger partial charge is 0.245 e. The number of benzene rings is 1. The minimum absolute atomic E-state index is 0.0330. The molecule has 0 radical (unpaired) electrons. The fourth-order valence-electron chi connectivity index (χ4n) is 3.93. The molecule has 10 heteroatoms. The van der Waals surface area contributed by atoms with Crippen LogP contribution in [0, 0.1) is 0 Å². The van der Waals surface area contributed by atoms with E-state index in [1.807, 2.05) is 43.4 Å². The third kappa shape index (κ3) is 6.30. The Labute approximate surface area is 212 Å². The molecule has 1 aliphatic heterocycles. The van der Waals surface area contributed by atoms with Gasteiger partial charge in [0.2, 0.25) is 5.91 Å². The van der Waals surface area contributed by atoms with Crippen LogP contribution in [0.3, 0.4) is 0 Å². The molecule has 0 bridgehead atoms. The van der Waals surface area contributed by atoms with Crippen LogP contribution in [-0.4, -0.2) is 63.4 Å². The lowest BCUT2D eigenvalue weighted by atomic mass is 10.0. The third-order valence-electron chi connectivity index (χ3n) is 5.80. The van der Waals surface area contributed by atoms with E-state index in [0.29, 0.717) is 22.9 Å². The number of rotatable bonds is 6. The van der Waals surface area contributed by atoms with E-state index in [4.69, 9.17) is 0 Å². The van der Waals surface area contributed by atoms with Crippen LogP contribution in [0.5, 0.6) is 0 Å². The standard InChI is InChI=1S/C19H22FN3O3.C6H7BrN2/c1-11(2)13-4-5-16-17(6-13)23(21-19(16)12(3)25)9-18(26)22-8-14(20)7-15(22)10-24;1-8-6-4-2-3-5(7)9-6/h4-6,10-11,14-15H,7-9H2,1-3H3;2-4H,1H3,(H,8,9)/t14?,15-;/m0./s1. The molecule has 186 valence electrons. The number of nitrogens with one attached hydrogen (secondary N) is 1. The van der Waals surface area contributed by atoms with Crippen LogP contribution in [0.1, 0.15) is 49.2 Å². The fourth-order valence-corrected chi connectivity index (χ4v) is 4.27. The van der Waals surface area contributed by atoms with Crippen molar-refractivity contribution in [1.29, 1.82) is 0 Å². The summed E-state index contributed by atoms with van der Waals surface area (Å²) >= 11 is 3.25. The second-order valence-electron chi connectivity index (χ2n) is 8.67. The van der Waals surface area contributed by atoms with Crippen molar-refractivity contribution < 1.29 is 18.8 Å². The maximum absolute atomic E-state index is 13.6. The first kappa shape index (κ1) is 26.5. The molecule has 2 aromatic heterocycles. The number of hydrogen-bond donors (Lipinski definition) is 1. The molecule has 1 unspecified atom stereocenters. The number of hydrogen-bond acceptors (Lipinski definition) is 6. The number of ketones is 1. The SMILES string of the molecule is CC(=O)c1nn(CC(=O)N2CC(F)C[C@H]2C=O)c2cc(C(C)C)ccc12.CNc1cccc(Br)n1. The largest absolute Gasteiger partial charge is 0.373 e. The van der Waals surface area contributed by atoms with Crippen molar-refractivity contribution >= 4 is 50.6 Å². The molecule has 1 N–H and O–H groups in total. The number of fused-ring (bicyclic) bond motifs is 1. The zero-order valence-corrected chi connectivity index (χ0v) is 21.8. The zero-order valence-electron chi connectivity index (χ0n) is 20.2. The average molecular weight is 546 g/mol. The fraction of sp³-hybridized carbons (Fsp3) is 0.400. The van der Waals surface area contributed by atoms with E-state index in [1.165, 1.54) is 16.5 Å². The molecule has 1 aliphatic rings. The molecule has 35 heavy (non-hydrogen) atoms. The highest BCUT2D eigenvalue weighted by Gasteiger charge is 2.35. The summed E-state index contributed by atoms with van der Waals surface area (Å²) in [6, 6.07) is 10.7. The van der Waals surface area contributed by atoms with Crippen LogP contribution in [0.2, 0.25) is 0 Å². The Morgan fingerprint density at radius 3 is 2.60 bits per heavy atom. The lowest BCUT2D eigenvalue weighted by molar-refractivity contribution is -0.135. The highest BCUT2D eigenvalue weighted by Crippen LogP contribution is 2.25. The number of nitrogens with zero attached hydrogens (tertiary/aromatic N) is 4. The number of halogens is 2. The normalized spacial score (nSPS) is 17.3. The number of aromatic nitrogens is 3. The van der Waals surface area contributed by atoms with Crippen molar-refractivity contribution in [3.8, 4) is 0 Å². The Balaban J connectivity index is 0.000000320. The second-order valence-corrected chi connectivity index (χ2v) is 9.48. The molecule has 4 rings (SSSR count). The maximum Gasteiger partial charge on any atom is 0.245 e. The first-order chi connectivity index (χ1) is 16.6. The molecule has 0 aliphatic carbocycles. The van der Waals surface area contributed by atoms with Gasteiger partial charge in [-0.25, -0.2) is 9.37 Å². The Morgan fingerprint density at radius 1 is 1.29 bits per heavy atom. The zero-order chi connectivity index (χ0) is 25.7. The van der Waals surface area contributed by atoms with Crippen molar-refractivity contribution in [2.24, 2.45) is 0 Å². The monoisotopic (exact) mass is 545 g/mol. The summed E-state index contributed by atoms with van der Waals surface area (Å²) in [6.45, 7) is 5.32. The molecule has 0 saturated carbocycles. The summed E-state index contributed by atoms with van der Waals surface area (Å²) in [7, 11) is 1.84. The van der Waals surface area contributed by atoms with E-state index in [0.717, 1.165) is 16.0 Å². The predicted octanol–water partition coefficient (Wildman–Crippen LogP) is 4.39. The van der Waals surface area contributed by atoms with Gasteiger partial charge in [-0.2, -0.15) is 5.10 Å². The van der Waals surface area contributed by atoms with Crippen molar-refractivity contribution in [2.75, 3.05) is 18.9 Å². The molecule has 2 atom stereocenters. The van der Waals surface area contributed by atoms with Gasteiger partial charge in [-0.1, -0.05) is 32.0 Å². The molecular weight excluding hydrogens is 517 g/mol. The van der Waals surface area contributed by atoms with Gasteiger partial charge in [-0.05, 0) is 45.6 Å². The Hall–Kier alpha value is -3.14. The highest BCUT2D eigenvalue weighted by atomic mass is 79.9. The van der Waals surface area contributed by atoms with Gasteiger partial charge in [-0.3, -0.25) is 14.3 Å². The summed E-state index contributed by atoms with van der Waals surface area (Å²) in [6.07, 6.45) is -0.550. The number of carbonyl (C=O) groups is 3. The lowest BCUT2D eigenvalue weighted by Crippen LogP contribution is -2.39. The second kappa shape index (κ2) is 11.5. The third-order valence-corrected chi connectivity index (χ3v) is 6.24. The van der Waals surface area contributed by atoms with E-state index in [-0.39, 0.29) is 37.1 Å². The van der Waals surface area contributed by atoms with Gasteiger partial charge in [-0.15, -0.1) is 0 Å². The molecule has 3 aromatic rings. The number of aldehydes is 1. The number of carbonyl (C=O) groups excluding carboxylic acids is 3. The van der Waals surface area contributed by atoms with E-state index in [1.54, 1.807) is 0 Å². The molecule has 0 spiro atoms. The Bertz CT molecular complexity index is 1230. The summed E-state index contributed by atoms with van der Waals surface area (Å²) in [5.41, 5.74) is 2.06. The Kier molecular flexibility index (Phi) is 8.71. The number of anilines is 1. The highest BCUT2D eigenvalue weighted by molar-refractivity contribution is 9.10. The number of alkyl halides is 1. The average Bonchev–Trinajstić information content (AvgIpc) is 3.39. The molecule has 1 aromatic carbocycles. The molecule has 1 fully saturated rings. The van der Waals surface area contributed by atoms with Crippen LogP contribution in [0.4, 0.5) is 10.2 Å². The number of amides is 1. The van der Waals surface area contributed by atoms with Gasteiger partial charge in [0, 0.05) is 25.8 Å².